The summed E-state index contributed by atoms with van der Waals surface area (Å²) in [6.45, 7) is 7.28. The molecule has 35 heavy (non-hydrogen) atoms. The monoisotopic (exact) mass is 522 g/mol. The number of carbonyl (C=O) groups excluding carboxylic acids is 2. The minimum atomic E-state index is -4.01. The van der Waals surface area contributed by atoms with Gasteiger partial charge in [-0.3, -0.25) is 9.59 Å². The molecule has 1 atom stereocenters. The quantitative estimate of drug-likeness (QED) is 0.489. The van der Waals surface area contributed by atoms with Crippen LogP contribution in [0.3, 0.4) is 0 Å². The third kappa shape index (κ3) is 6.96. The number of halogens is 1. The number of likely N-dealkylation sites (N-methyl/N-ethyl adjacent to an activating group) is 1. The number of aryl methyl sites for hydroxylation is 2. The fourth-order valence-corrected chi connectivity index (χ4v) is 5.02. The molecule has 2 amide bonds. The predicted molar refractivity (Wildman–Crippen MR) is 141 cm³/mol. The molecule has 0 heterocycles. The summed E-state index contributed by atoms with van der Waals surface area (Å²) in [4.78, 5) is 28.1. The van der Waals surface area contributed by atoms with E-state index in [4.69, 9.17) is 11.6 Å². The molecule has 1 N–H and O–H groups in total. The molecule has 0 aliphatic carbocycles. The van der Waals surface area contributed by atoms with E-state index in [0.717, 1.165) is 14.2 Å². The third-order valence-electron chi connectivity index (χ3n) is 5.69. The molecule has 2 aromatic carbocycles. The maximum Gasteiger partial charge on any atom is 0.304 e. The van der Waals surface area contributed by atoms with Crippen LogP contribution in [0, 0.1) is 13.8 Å². The lowest BCUT2D eigenvalue weighted by atomic mass is 10.1. The zero-order chi connectivity index (χ0) is 26.3. The third-order valence-corrected chi connectivity index (χ3v) is 7.86. The first-order valence-corrected chi connectivity index (χ1v) is 13.3. The second kappa shape index (κ2) is 12.4. The van der Waals surface area contributed by atoms with Crippen molar-refractivity contribution in [2.24, 2.45) is 0 Å². The van der Waals surface area contributed by atoms with Gasteiger partial charge in [0, 0.05) is 32.2 Å². The summed E-state index contributed by atoms with van der Waals surface area (Å²) < 4.78 is 28.8. The van der Waals surface area contributed by atoms with Crippen LogP contribution in [0.25, 0.3) is 0 Å². The van der Waals surface area contributed by atoms with Gasteiger partial charge < -0.3 is 10.2 Å². The highest BCUT2D eigenvalue weighted by Crippen LogP contribution is 2.26. The van der Waals surface area contributed by atoms with E-state index in [9.17, 15) is 18.0 Å². The summed E-state index contributed by atoms with van der Waals surface area (Å²) in [5.74, 6) is -0.807. The molecule has 2 rings (SSSR count). The van der Waals surface area contributed by atoms with E-state index in [-0.39, 0.29) is 12.5 Å². The minimum Gasteiger partial charge on any atom is -0.355 e. The molecule has 0 fully saturated rings. The summed E-state index contributed by atoms with van der Waals surface area (Å²) in [7, 11) is -1.17. The molecule has 0 spiro atoms. The van der Waals surface area contributed by atoms with Crippen LogP contribution in [0.1, 0.15) is 37.0 Å². The molecular weight excluding hydrogens is 488 g/mol. The van der Waals surface area contributed by atoms with Crippen molar-refractivity contribution in [3.05, 3.63) is 64.2 Å². The van der Waals surface area contributed by atoms with Gasteiger partial charge in [0.25, 0.3) is 0 Å². The van der Waals surface area contributed by atoms with Crippen molar-refractivity contribution in [3.63, 3.8) is 0 Å². The Morgan fingerprint density at radius 3 is 2.29 bits per heavy atom. The SMILES string of the molecule is CCNC(=O)[C@H](CC)N(Cc1ccccc1Cl)C(=O)CN(c1cc(C)ccc1C)S(=O)(=O)N(C)C. The Morgan fingerprint density at radius 2 is 1.71 bits per heavy atom. The number of nitrogens with one attached hydrogen (secondary N) is 1. The first-order chi connectivity index (χ1) is 16.4. The van der Waals surface area contributed by atoms with E-state index in [1.165, 1.54) is 19.0 Å². The Bertz CT molecular complexity index is 1150. The van der Waals surface area contributed by atoms with E-state index >= 15 is 0 Å². The van der Waals surface area contributed by atoms with Gasteiger partial charge in [0.15, 0.2) is 0 Å². The Morgan fingerprint density at radius 1 is 1.06 bits per heavy atom. The maximum absolute atomic E-state index is 13.8. The van der Waals surface area contributed by atoms with Gasteiger partial charge in [-0.05, 0) is 56.0 Å². The molecule has 2 aromatic rings. The van der Waals surface area contributed by atoms with E-state index in [0.29, 0.717) is 34.8 Å². The lowest BCUT2D eigenvalue weighted by Crippen LogP contribution is -2.53. The minimum absolute atomic E-state index is 0.0663. The van der Waals surface area contributed by atoms with Gasteiger partial charge in [0.05, 0.1) is 5.69 Å². The number of amides is 2. The van der Waals surface area contributed by atoms with Crippen LogP contribution in [0.4, 0.5) is 5.69 Å². The Balaban J connectivity index is 2.57. The molecule has 0 saturated heterocycles. The van der Waals surface area contributed by atoms with Gasteiger partial charge in [0.2, 0.25) is 11.8 Å². The van der Waals surface area contributed by atoms with Gasteiger partial charge in [-0.2, -0.15) is 12.7 Å². The number of hydrogen-bond donors (Lipinski definition) is 1. The van der Waals surface area contributed by atoms with Gasteiger partial charge in [0.1, 0.15) is 12.6 Å². The number of rotatable bonds is 11. The van der Waals surface area contributed by atoms with Crippen LogP contribution in [-0.4, -0.2) is 62.7 Å². The van der Waals surface area contributed by atoms with E-state index in [1.54, 1.807) is 44.2 Å². The first-order valence-electron chi connectivity index (χ1n) is 11.5. The van der Waals surface area contributed by atoms with Crippen LogP contribution >= 0.6 is 11.6 Å². The molecule has 0 aliphatic heterocycles. The van der Waals surface area contributed by atoms with Gasteiger partial charge in [-0.1, -0.05) is 48.9 Å². The average molecular weight is 523 g/mol. The highest BCUT2D eigenvalue weighted by atomic mass is 35.5. The Kier molecular flexibility index (Phi) is 10.1. The van der Waals surface area contributed by atoms with Crippen molar-refractivity contribution in [2.45, 2.75) is 46.7 Å². The highest BCUT2D eigenvalue weighted by molar-refractivity contribution is 7.90. The molecule has 192 valence electrons. The van der Waals surface area contributed by atoms with Crippen molar-refractivity contribution >= 4 is 39.3 Å². The topological polar surface area (TPSA) is 90.0 Å². The molecular formula is C25H35ClN4O4S. The molecule has 8 nitrogen and oxygen atoms in total. The lowest BCUT2D eigenvalue weighted by molar-refractivity contribution is -0.140. The summed E-state index contributed by atoms with van der Waals surface area (Å²) in [5, 5.41) is 3.24. The van der Waals surface area contributed by atoms with Crippen LogP contribution < -0.4 is 9.62 Å². The van der Waals surface area contributed by atoms with Crippen LogP contribution in [0.5, 0.6) is 0 Å². The van der Waals surface area contributed by atoms with Crippen LogP contribution in [0.15, 0.2) is 42.5 Å². The van der Waals surface area contributed by atoms with Crippen molar-refractivity contribution < 1.29 is 18.0 Å². The summed E-state index contributed by atoms with van der Waals surface area (Å²) in [6.07, 6.45) is 0.353. The average Bonchev–Trinajstić information content (AvgIpc) is 2.80. The fraction of sp³-hybridized carbons (Fsp3) is 0.440. The molecule has 10 heteroatoms. The summed E-state index contributed by atoms with van der Waals surface area (Å²) in [5.41, 5.74) is 2.65. The molecule has 0 radical (unpaired) electrons. The molecule has 0 saturated carbocycles. The second-order valence-corrected chi connectivity index (χ2v) is 11.0. The number of hydrogen-bond acceptors (Lipinski definition) is 4. The van der Waals surface area contributed by atoms with Crippen LogP contribution in [-0.2, 0) is 26.3 Å². The number of benzene rings is 2. The largest absolute Gasteiger partial charge is 0.355 e. The predicted octanol–water partition coefficient (Wildman–Crippen LogP) is 3.51. The molecule has 0 aliphatic rings. The van der Waals surface area contributed by atoms with Gasteiger partial charge in [-0.25, -0.2) is 4.31 Å². The van der Waals surface area contributed by atoms with E-state index in [1.807, 2.05) is 26.0 Å². The number of nitrogens with zero attached hydrogens (tertiary/aromatic N) is 3. The summed E-state index contributed by atoms with van der Waals surface area (Å²) >= 11 is 6.36. The van der Waals surface area contributed by atoms with E-state index < -0.39 is 28.7 Å². The molecule has 0 aromatic heterocycles. The molecule has 0 bridgehead atoms. The van der Waals surface area contributed by atoms with Crippen molar-refractivity contribution in [3.8, 4) is 0 Å². The Hall–Kier alpha value is -2.62. The van der Waals surface area contributed by atoms with Crippen LogP contribution in [0.2, 0.25) is 5.02 Å². The first kappa shape index (κ1) is 28.6. The van der Waals surface area contributed by atoms with Crippen molar-refractivity contribution in [2.75, 3.05) is 31.5 Å². The lowest BCUT2D eigenvalue weighted by Gasteiger charge is -2.34. The second-order valence-electron chi connectivity index (χ2n) is 8.52. The normalized spacial score (nSPS) is 12.3. The van der Waals surface area contributed by atoms with Crippen molar-refractivity contribution in [1.29, 1.82) is 0 Å². The standard InChI is InChI=1S/C25H35ClN4O4S/c1-7-22(25(32)27-8-2)29(16-20-11-9-10-12-21(20)26)24(31)17-30(35(33,34)28(5)6)23-15-18(3)13-14-19(23)4/h9-15,22H,7-8,16-17H2,1-6H3,(H,27,32)/t22-/m0/s1. The summed E-state index contributed by atoms with van der Waals surface area (Å²) in [6, 6.07) is 11.7. The van der Waals surface area contributed by atoms with Gasteiger partial charge in [-0.15, -0.1) is 0 Å². The van der Waals surface area contributed by atoms with Crippen molar-refractivity contribution in [1.82, 2.24) is 14.5 Å². The fourth-order valence-electron chi connectivity index (χ4n) is 3.71. The smallest absolute Gasteiger partial charge is 0.304 e. The van der Waals surface area contributed by atoms with E-state index in [2.05, 4.69) is 5.32 Å². The zero-order valence-corrected chi connectivity index (χ0v) is 22.8. The zero-order valence-electron chi connectivity index (χ0n) is 21.2. The molecule has 0 unspecified atom stereocenters. The van der Waals surface area contributed by atoms with Gasteiger partial charge >= 0.3 is 10.2 Å². The maximum atomic E-state index is 13.8. The number of carbonyl (C=O) groups is 2. The number of anilines is 1. The Labute approximate surface area is 214 Å². The highest BCUT2D eigenvalue weighted by Gasteiger charge is 2.34.